The second kappa shape index (κ2) is 13.9. The molecule has 230 valence electrons. The molecule has 0 saturated carbocycles. The Labute approximate surface area is 246 Å². The molecule has 6 nitrogen and oxygen atoms in total. The maximum Gasteiger partial charge on any atom is 0.261 e. The number of amides is 1. The minimum Gasteiger partial charge on any atom is -0.392 e. The van der Waals surface area contributed by atoms with Gasteiger partial charge in [0.25, 0.3) is 5.91 Å². The highest BCUT2D eigenvalue weighted by molar-refractivity contribution is 6.04. The predicted octanol–water partition coefficient (Wildman–Crippen LogP) is 6.94. The van der Waals surface area contributed by atoms with Crippen molar-refractivity contribution in [2.24, 2.45) is 0 Å². The number of aliphatic hydroxyl groups is 1. The molecular weight excluding hydrogens is 571 g/mol. The first-order valence-electron chi connectivity index (χ1n) is 14.4. The lowest BCUT2D eigenvalue weighted by Crippen LogP contribution is -2.40. The number of aliphatic hydroxyl groups excluding tert-OH is 1. The Bertz CT molecular complexity index is 1400. The molecule has 1 amide bonds. The van der Waals surface area contributed by atoms with E-state index in [1.165, 1.54) is 31.4 Å². The minimum absolute atomic E-state index is 0.0494. The van der Waals surface area contributed by atoms with E-state index in [-0.39, 0.29) is 24.5 Å². The van der Waals surface area contributed by atoms with Crippen LogP contribution in [0.2, 0.25) is 0 Å². The van der Waals surface area contributed by atoms with E-state index in [2.05, 4.69) is 10.2 Å². The van der Waals surface area contributed by atoms with Crippen molar-refractivity contribution in [3.8, 4) is 0 Å². The smallest absolute Gasteiger partial charge is 0.261 e. The first-order chi connectivity index (χ1) is 20.7. The summed E-state index contributed by atoms with van der Waals surface area (Å²) in [4.78, 5) is 15.0. The van der Waals surface area contributed by atoms with Crippen molar-refractivity contribution in [1.29, 1.82) is 0 Å². The number of benzene rings is 3. The van der Waals surface area contributed by atoms with Crippen LogP contribution < -0.4 is 5.32 Å². The Hall–Kier alpha value is -3.38. The molecule has 2 saturated heterocycles. The summed E-state index contributed by atoms with van der Waals surface area (Å²) in [5.74, 6) is -12.7. The summed E-state index contributed by atoms with van der Waals surface area (Å²) in [6.07, 6.45) is 5.02. The quantitative estimate of drug-likeness (QED) is 0.174. The number of ether oxygens (including phenoxy) is 2. The number of hydrogen-bond donors (Lipinski definition) is 2. The van der Waals surface area contributed by atoms with E-state index < -0.39 is 46.8 Å². The van der Waals surface area contributed by atoms with E-state index in [4.69, 9.17) is 9.47 Å². The molecule has 3 aromatic carbocycles. The SMILES string of the molecule is O=C(Nc1cccc(C2OC(CN3CCCCCCC3)CC(c3ccc(CO)cc3)O2)c1)c1c(F)c(F)c(F)c(F)c1F. The minimum atomic E-state index is -2.34. The molecule has 0 bridgehead atoms. The van der Waals surface area contributed by atoms with Crippen molar-refractivity contribution in [3.63, 3.8) is 0 Å². The van der Waals surface area contributed by atoms with Crippen LogP contribution >= 0.6 is 0 Å². The highest BCUT2D eigenvalue weighted by atomic mass is 19.2. The van der Waals surface area contributed by atoms with Gasteiger partial charge in [-0.25, -0.2) is 22.0 Å². The fourth-order valence-corrected chi connectivity index (χ4v) is 5.58. The predicted molar refractivity (Wildman–Crippen MR) is 149 cm³/mol. The molecule has 3 atom stereocenters. The van der Waals surface area contributed by atoms with Crippen molar-refractivity contribution in [2.45, 2.75) is 63.6 Å². The van der Waals surface area contributed by atoms with Gasteiger partial charge in [0.05, 0.1) is 18.8 Å². The maximum absolute atomic E-state index is 14.2. The number of nitrogens with zero attached hydrogens (tertiary/aromatic N) is 1. The largest absolute Gasteiger partial charge is 0.392 e. The van der Waals surface area contributed by atoms with Gasteiger partial charge in [0.1, 0.15) is 5.56 Å². The zero-order valence-electron chi connectivity index (χ0n) is 23.4. The fourth-order valence-electron chi connectivity index (χ4n) is 5.58. The Kier molecular flexibility index (Phi) is 10.1. The van der Waals surface area contributed by atoms with Gasteiger partial charge in [0, 0.05) is 24.2 Å². The van der Waals surface area contributed by atoms with Crippen molar-refractivity contribution in [1.82, 2.24) is 4.90 Å². The molecule has 2 heterocycles. The summed E-state index contributed by atoms with van der Waals surface area (Å²) in [5, 5.41) is 11.7. The van der Waals surface area contributed by atoms with Crippen LogP contribution in [-0.2, 0) is 16.1 Å². The summed E-state index contributed by atoms with van der Waals surface area (Å²) in [5.41, 5.74) is 0.630. The molecule has 3 unspecified atom stereocenters. The standard InChI is InChI=1S/C32H33F5N2O4/c33-26-25(27(34)29(36)30(37)28(26)35)31(41)38-22-8-6-7-21(15-22)32-42-23(17-39-13-4-2-1-3-5-14-39)16-24(43-32)20-11-9-19(18-40)10-12-20/h6-12,15,23-24,32,40H,1-5,13-14,16-18H2,(H,38,41). The van der Waals surface area contributed by atoms with Gasteiger partial charge >= 0.3 is 0 Å². The van der Waals surface area contributed by atoms with Crippen LogP contribution in [0.5, 0.6) is 0 Å². The number of carbonyl (C=O) groups excluding carboxylic acids is 1. The summed E-state index contributed by atoms with van der Waals surface area (Å²) in [6, 6.07) is 13.6. The number of halogens is 5. The van der Waals surface area contributed by atoms with Gasteiger partial charge in [-0.3, -0.25) is 4.79 Å². The molecule has 3 aromatic rings. The average molecular weight is 605 g/mol. The second-order valence-corrected chi connectivity index (χ2v) is 10.9. The molecule has 2 fully saturated rings. The number of carbonyl (C=O) groups is 1. The van der Waals surface area contributed by atoms with Gasteiger partial charge in [-0.15, -0.1) is 0 Å². The Morgan fingerprint density at radius 1 is 0.814 bits per heavy atom. The summed E-state index contributed by atoms with van der Waals surface area (Å²) in [7, 11) is 0. The van der Waals surface area contributed by atoms with E-state index in [1.54, 1.807) is 12.1 Å². The van der Waals surface area contributed by atoms with Gasteiger partial charge in [-0.2, -0.15) is 0 Å². The molecule has 0 radical (unpaired) electrons. The Morgan fingerprint density at radius 3 is 2.09 bits per heavy atom. The molecule has 11 heteroatoms. The number of rotatable bonds is 7. The van der Waals surface area contributed by atoms with Gasteiger partial charge < -0.3 is 24.8 Å². The lowest BCUT2D eigenvalue weighted by atomic mass is 9.99. The third-order valence-electron chi connectivity index (χ3n) is 7.88. The molecule has 0 spiro atoms. The second-order valence-electron chi connectivity index (χ2n) is 10.9. The zero-order chi connectivity index (χ0) is 30.5. The van der Waals surface area contributed by atoms with Crippen molar-refractivity contribution < 1.29 is 41.3 Å². The van der Waals surface area contributed by atoms with Crippen LogP contribution in [-0.4, -0.2) is 41.7 Å². The van der Waals surface area contributed by atoms with E-state index in [1.807, 2.05) is 24.3 Å². The Balaban J connectivity index is 1.38. The van der Waals surface area contributed by atoms with Gasteiger partial charge in [0.15, 0.2) is 29.6 Å². The van der Waals surface area contributed by atoms with Crippen LogP contribution in [0, 0.1) is 29.1 Å². The van der Waals surface area contributed by atoms with Crippen molar-refractivity contribution in [3.05, 3.63) is 99.9 Å². The fraction of sp³-hybridized carbons (Fsp3) is 0.406. The zero-order valence-corrected chi connectivity index (χ0v) is 23.4. The lowest BCUT2D eigenvalue weighted by molar-refractivity contribution is -0.253. The molecule has 43 heavy (non-hydrogen) atoms. The number of anilines is 1. The third kappa shape index (κ3) is 7.23. The molecule has 2 aliphatic heterocycles. The number of nitrogens with one attached hydrogen (secondary N) is 1. The van der Waals surface area contributed by atoms with Crippen molar-refractivity contribution in [2.75, 3.05) is 25.0 Å². The van der Waals surface area contributed by atoms with E-state index in [0.717, 1.165) is 37.1 Å². The molecule has 2 N–H and O–H groups in total. The molecular formula is C32H33F5N2O4. The van der Waals surface area contributed by atoms with Crippen LogP contribution in [0.3, 0.4) is 0 Å². The highest BCUT2D eigenvalue weighted by Gasteiger charge is 2.34. The summed E-state index contributed by atoms with van der Waals surface area (Å²) < 4.78 is 82.0. The van der Waals surface area contributed by atoms with E-state index >= 15 is 0 Å². The van der Waals surface area contributed by atoms with Gasteiger partial charge in [0.2, 0.25) is 5.82 Å². The summed E-state index contributed by atoms with van der Waals surface area (Å²) >= 11 is 0. The van der Waals surface area contributed by atoms with Crippen LogP contribution in [0.1, 0.15) is 78.0 Å². The number of likely N-dealkylation sites (tertiary alicyclic amines) is 1. The Morgan fingerprint density at radius 2 is 1.44 bits per heavy atom. The monoisotopic (exact) mass is 604 g/mol. The highest BCUT2D eigenvalue weighted by Crippen LogP contribution is 2.39. The van der Waals surface area contributed by atoms with Crippen molar-refractivity contribution >= 4 is 11.6 Å². The number of hydrogen-bond acceptors (Lipinski definition) is 5. The first kappa shape index (κ1) is 31.1. The van der Waals surface area contributed by atoms with Crippen LogP contribution in [0.25, 0.3) is 0 Å². The van der Waals surface area contributed by atoms with Crippen LogP contribution in [0.4, 0.5) is 27.6 Å². The molecule has 0 aromatic heterocycles. The molecule has 2 aliphatic rings. The first-order valence-corrected chi connectivity index (χ1v) is 14.4. The molecule has 0 aliphatic carbocycles. The normalized spacial score (nSPS) is 21.7. The van der Waals surface area contributed by atoms with E-state index in [9.17, 15) is 31.9 Å². The molecule has 5 rings (SSSR count). The third-order valence-corrected chi connectivity index (χ3v) is 7.88. The van der Waals surface area contributed by atoms with E-state index in [0.29, 0.717) is 18.5 Å². The maximum atomic E-state index is 14.2. The van der Waals surface area contributed by atoms with Gasteiger partial charge in [-0.05, 0) is 49.2 Å². The average Bonchev–Trinajstić information content (AvgIpc) is 3.00. The summed E-state index contributed by atoms with van der Waals surface area (Å²) in [6.45, 7) is 2.56. The van der Waals surface area contributed by atoms with Gasteiger partial charge in [-0.1, -0.05) is 55.7 Å². The lowest BCUT2D eigenvalue weighted by Gasteiger charge is -2.39. The van der Waals surface area contributed by atoms with Crippen LogP contribution in [0.15, 0.2) is 48.5 Å². The topological polar surface area (TPSA) is 71.0 Å².